The summed E-state index contributed by atoms with van der Waals surface area (Å²) in [6.07, 6.45) is 6.01. The van der Waals surface area contributed by atoms with Crippen LogP contribution in [0.2, 0.25) is 0 Å². The number of H-pyrrole nitrogens is 1. The molecule has 3 aromatic rings. The van der Waals surface area contributed by atoms with Crippen LogP contribution in [-0.4, -0.2) is 28.0 Å². The highest BCUT2D eigenvalue weighted by Crippen LogP contribution is 2.30. The fourth-order valence-electron chi connectivity index (χ4n) is 3.40. The van der Waals surface area contributed by atoms with Crippen molar-refractivity contribution in [2.45, 2.75) is 25.7 Å². The number of aromatic amines is 1. The lowest BCUT2D eigenvalue weighted by Gasteiger charge is -2.33. The summed E-state index contributed by atoms with van der Waals surface area (Å²) in [4.78, 5) is 15.0. The van der Waals surface area contributed by atoms with Gasteiger partial charge in [-0.3, -0.25) is 0 Å². The van der Waals surface area contributed by atoms with Gasteiger partial charge in [0.1, 0.15) is 11.6 Å². The number of hydrogen-bond donors (Lipinski definition) is 1. The minimum atomic E-state index is 0.548. The summed E-state index contributed by atoms with van der Waals surface area (Å²) >= 11 is 0. The second kappa shape index (κ2) is 5.44. The van der Waals surface area contributed by atoms with Crippen molar-refractivity contribution in [2.75, 3.05) is 18.0 Å². The Morgan fingerprint density at radius 3 is 2.77 bits per heavy atom. The van der Waals surface area contributed by atoms with E-state index < -0.39 is 0 Å². The fraction of sp³-hybridized carbons (Fsp3) is 0.333. The molecule has 1 aliphatic heterocycles. The lowest BCUT2D eigenvalue weighted by molar-refractivity contribution is 0.486. The summed E-state index contributed by atoms with van der Waals surface area (Å²) in [6, 6.07) is 10.6. The summed E-state index contributed by atoms with van der Waals surface area (Å²) in [5, 5.41) is 1.22. The molecule has 0 radical (unpaired) electrons. The van der Waals surface area contributed by atoms with E-state index in [1.807, 2.05) is 12.4 Å². The molecule has 22 heavy (non-hydrogen) atoms. The normalized spacial score (nSPS) is 16.3. The van der Waals surface area contributed by atoms with Crippen LogP contribution in [0.5, 0.6) is 0 Å². The Balaban J connectivity index is 1.57. The summed E-state index contributed by atoms with van der Waals surface area (Å²) < 4.78 is 0. The lowest BCUT2D eigenvalue weighted by atomic mass is 9.96. The second-order valence-electron chi connectivity index (χ2n) is 6.06. The summed E-state index contributed by atoms with van der Waals surface area (Å²) in [5.74, 6) is 2.81. The zero-order valence-corrected chi connectivity index (χ0v) is 12.8. The van der Waals surface area contributed by atoms with Crippen molar-refractivity contribution in [1.82, 2.24) is 15.0 Å². The van der Waals surface area contributed by atoms with Gasteiger partial charge in [0.25, 0.3) is 0 Å². The van der Waals surface area contributed by atoms with E-state index >= 15 is 0 Å². The largest absolute Gasteiger partial charge is 0.356 e. The van der Waals surface area contributed by atoms with Crippen molar-refractivity contribution < 1.29 is 0 Å². The molecule has 0 atom stereocenters. The number of piperidine rings is 1. The maximum absolute atomic E-state index is 4.89. The SMILES string of the molecule is Cc1cc2ccccc2nc1N1CCC(c2ncc[nH]2)CC1. The van der Waals surface area contributed by atoms with Gasteiger partial charge in [-0.05, 0) is 37.5 Å². The van der Waals surface area contributed by atoms with Crippen LogP contribution in [-0.2, 0) is 0 Å². The van der Waals surface area contributed by atoms with Gasteiger partial charge in [-0.1, -0.05) is 18.2 Å². The highest BCUT2D eigenvalue weighted by molar-refractivity contribution is 5.81. The third-order valence-electron chi connectivity index (χ3n) is 4.59. The Labute approximate surface area is 130 Å². The number of para-hydroxylation sites is 1. The predicted octanol–water partition coefficient (Wildman–Crippen LogP) is 3.65. The summed E-state index contributed by atoms with van der Waals surface area (Å²) in [5.41, 5.74) is 2.34. The number of fused-ring (bicyclic) bond motifs is 1. The van der Waals surface area contributed by atoms with Crippen LogP contribution in [0, 0.1) is 6.92 Å². The molecule has 1 fully saturated rings. The Bertz CT molecular complexity index is 771. The number of rotatable bonds is 2. The second-order valence-corrected chi connectivity index (χ2v) is 6.06. The number of benzene rings is 1. The average molecular weight is 292 g/mol. The zero-order valence-electron chi connectivity index (χ0n) is 12.8. The first-order chi connectivity index (χ1) is 10.8. The maximum atomic E-state index is 4.89. The lowest BCUT2D eigenvalue weighted by Crippen LogP contribution is -2.34. The smallest absolute Gasteiger partial charge is 0.132 e. The third-order valence-corrected chi connectivity index (χ3v) is 4.59. The first-order valence-corrected chi connectivity index (χ1v) is 7.92. The molecular formula is C18H20N4. The topological polar surface area (TPSA) is 44.8 Å². The molecule has 1 aliphatic rings. The molecule has 1 saturated heterocycles. The molecule has 1 N–H and O–H groups in total. The van der Waals surface area contributed by atoms with Crippen LogP contribution in [0.4, 0.5) is 5.82 Å². The third kappa shape index (κ3) is 2.34. The van der Waals surface area contributed by atoms with Gasteiger partial charge in [0.2, 0.25) is 0 Å². The molecule has 4 nitrogen and oxygen atoms in total. The molecular weight excluding hydrogens is 272 g/mol. The number of nitrogens with one attached hydrogen (secondary N) is 1. The molecule has 112 valence electrons. The number of imidazole rings is 1. The standard InChI is InChI=1S/C18H20N4/c1-13-12-15-4-2-3-5-16(15)21-18(13)22-10-6-14(7-11-22)17-19-8-9-20-17/h2-5,8-9,12,14H,6-7,10-11H2,1H3,(H,19,20). The molecule has 0 spiro atoms. The molecule has 0 saturated carbocycles. The van der Waals surface area contributed by atoms with Crippen LogP contribution >= 0.6 is 0 Å². The van der Waals surface area contributed by atoms with E-state index in [1.165, 1.54) is 10.9 Å². The average Bonchev–Trinajstić information content (AvgIpc) is 3.09. The van der Waals surface area contributed by atoms with Gasteiger partial charge in [0, 0.05) is 36.8 Å². The van der Waals surface area contributed by atoms with Crippen LogP contribution in [0.25, 0.3) is 10.9 Å². The van der Waals surface area contributed by atoms with Gasteiger partial charge >= 0.3 is 0 Å². The minimum absolute atomic E-state index is 0.548. The van der Waals surface area contributed by atoms with E-state index in [4.69, 9.17) is 4.98 Å². The van der Waals surface area contributed by atoms with Crippen molar-refractivity contribution >= 4 is 16.7 Å². The molecule has 0 unspecified atom stereocenters. The molecule has 2 aromatic heterocycles. The minimum Gasteiger partial charge on any atom is -0.356 e. The van der Waals surface area contributed by atoms with Crippen molar-refractivity contribution in [2.24, 2.45) is 0 Å². The van der Waals surface area contributed by atoms with Crippen LogP contribution in [0.15, 0.2) is 42.7 Å². The van der Waals surface area contributed by atoms with E-state index in [9.17, 15) is 0 Å². The number of anilines is 1. The van der Waals surface area contributed by atoms with Crippen molar-refractivity contribution in [1.29, 1.82) is 0 Å². The Hall–Kier alpha value is -2.36. The quantitative estimate of drug-likeness (QED) is 0.784. The molecule has 4 rings (SSSR count). The number of pyridine rings is 1. The summed E-state index contributed by atoms with van der Waals surface area (Å²) in [6.45, 7) is 4.24. The molecule has 0 aliphatic carbocycles. The van der Waals surface area contributed by atoms with Crippen LogP contribution < -0.4 is 4.90 Å². The van der Waals surface area contributed by atoms with Crippen molar-refractivity contribution in [3.05, 3.63) is 54.1 Å². The van der Waals surface area contributed by atoms with Gasteiger partial charge in [-0.25, -0.2) is 9.97 Å². The molecule has 0 bridgehead atoms. The maximum Gasteiger partial charge on any atom is 0.132 e. The van der Waals surface area contributed by atoms with E-state index in [2.05, 4.69) is 52.1 Å². The molecule has 4 heteroatoms. The Kier molecular flexibility index (Phi) is 3.29. The first-order valence-electron chi connectivity index (χ1n) is 7.92. The highest BCUT2D eigenvalue weighted by Gasteiger charge is 2.23. The highest BCUT2D eigenvalue weighted by atomic mass is 15.2. The number of aryl methyl sites for hydroxylation is 1. The van der Waals surface area contributed by atoms with Crippen molar-refractivity contribution in [3.8, 4) is 0 Å². The Morgan fingerprint density at radius 2 is 2.00 bits per heavy atom. The molecule has 1 aromatic carbocycles. The number of aromatic nitrogens is 3. The summed E-state index contributed by atoms with van der Waals surface area (Å²) in [7, 11) is 0. The van der Waals surface area contributed by atoms with Gasteiger partial charge < -0.3 is 9.88 Å². The monoisotopic (exact) mass is 292 g/mol. The zero-order chi connectivity index (χ0) is 14.9. The van der Waals surface area contributed by atoms with Gasteiger partial charge in [-0.15, -0.1) is 0 Å². The van der Waals surface area contributed by atoms with Gasteiger partial charge in [0.05, 0.1) is 5.52 Å². The first kappa shape index (κ1) is 13.3. The number of nitrogens with zero attached hydrogens (tertiary/aromatic N) is 3. The van der Waals surface area contributed by atoms with E-state index in [-0.39, 0.29) is 0 Å². The van der Waals surface area contributed by atoms with E-state index in [1.54, 1.807) is 0 Å². The fourth-order valence-corrected chi connectivity index (χ4v) is 3.40. The predicted molar refractivity (Wildman–Crippen MR) is 89.3 cm³/mol. The van der Waals surface area contributed by atoms with Crippen molar-refractivity contribution in [3.63, 3.8) is 0 Å². The van der Waals surface area contributed by atoms with Gasteiger partial charge in [0.15, 0.2) is 0 Å². The van der Waals surface area contributed by atoms with Gasteiger partial charge in [-0.2, -0.15) is 0 Å². The molecule has 3 heterocycles. The molecule has 0 amide bonds. The van der Waals surface area contributed by atoms with E-state index in [0.717, 1.165) is 43.1 Å². The van der Waals surface area contributed by atoms with E-state index in [0.29, 0.717) is 5.92 Å². The number of hydrogen-bond acceptors (Lipinski definition) is 3. The van der Waals surface area contributed by atoms with Crippen LogP contribution in [0.3, 0.4) is 0 Å². The van der Waals surface area contributed by atoms with Crippen LogP contribution in [0.1, 0.15) is 30.1 Å². The Morgan fingerprint density at radius 1 is 1.18 bits per heavy atom.